The van der Waals surface area contributed by atoms with Gasteiger partial charge in [-0.05, 0) is 18.6 Å². The molecule has 0 atom stereocenters. The smallest absolute Gasteiger partial charge is 0.280 e. The van der Waals surface area contributed by atoms with E-state index in [4.69, 9.17) is 4.74 Å². The fourth-order valence-corrected chi connectivity index (χ4v) is 2.17. The maximum atomic E-state index is 13.1. The second kappa shape index (κ2) is 7.73. The van der Waals surface area contributed by atoms with Gasteiger partial charge in [0.2, 0.25) is 0 Å². The predicted molar refractivity (Wildman–Crippen MR) is 88.3 cm³/mol. The van der Waals surface area contributed by atoms with Crippen LogP contribution in [0.2, 0.25) is 0 Å². The van der Waals surface area contributed by atoms with E-state index in [0.717, 1.165) is 11.6 Å². The summed E-state index contributed by atoms with van der Waals surface area (Å²) in [6, 6.07) is 5.93. The fourth-order valence-electron chi connectivity index (χ4n) is 2.17. The highest BCUT2D eigenvalue weighted by atomic mass is 19.3. The molecule has 0 aliphatic rings. The summed E-state index contributed by atoms with van der Waals surface area (Å²) in [7, 11) is 0. The number of hydrogen-bond donors (Lipinski definition) is 0. The number of ether oxygens (including phenoxy) is 1. The first kappa shape index (κ1) is 17.5. The van der Waals surface area contributed by atoms with Crippen LogP contribution >= 0.6 is 0 Å². The van der Waals surface area contributed by atoms with Crippen LogP contribution in [0.25, 0.3) is 0 Å². The molecule has 3 heterocycles. The molecule has 0 saturated heterocycles. The van der Waals surface area contributed by atoms with Gasteiger partial charge in [0.15, 0.2) is 11.5 Å². The van der Waals surface area contributed by atoms with Crippen molar-refractivity contribution in [2.45, 2.75) is 19.8 Å². The molecule has 0 N–H and O–H groups in total. The van der Waals surface area contributed by atoms with E-state index in [2.05, 4.69) is 19.9 Å². The van der Waals surface area contributed by atoms with Gasteiger partial charge in [0, 0.05) is 24.0 Å². The van der Waals surface area contributed by atoms with Gasteiger partial charge in [-0.1, -0.05) is 6.07 Å². The molecule has 6 nitrogen and oxygen atoms in total. The van der Waals surface area contributed by atoms with Crippen LogP contribution in [-0.4, -0.2) is 25.7 Å². The largest absolute Gasteiger partial charge is 0.454 e. The standard InChI is InChI=1S/C18H14F2N4O2/c1-11-2-3-12(23-7-11)4-17(25)15-5-13(6-16(24-15)18(19)20)26-14-8-21-10-22-9-14/h2-3,5-10,18H,4H2,1H3. The lowest BCUT2D eigenvalue weighted by molar-refractivity contribution is 0.0984. The summed E-state index contributed by atoms with van der Waals surface area (Å²) in [5.74, 6) is -0.110. The van der Waals surface area contributed by atoms with E-state index in [1.807, 2.05) is 13.0 Å². The Hall–Kier alpha value is -3.29. The lowest BCUT2D eigenvalue weighted by atomic mass is 10.1. The van der Waals surface area contributed by atoms with Gasteiger partial charge in [0.1, 0.15) is 23.5 Å². The van der Waals surface area contributed by atoms with Crippen molar-refractivity contribution in [1.29, 1.82) is 0 Å². The molecule has 0 radical (unpaired) electrons. The molecule has 26 heavy (non-hydrogen) atoms. The minimum absolute atomic E-state index is 0.0478. The Morgan fingerprint density at radius 3 is 2.54 bits per heavy atom. The van der Waals surface area contributed by atoms with Gasteiger partial charge in [-0.15, -0.1) is 0 Å². The van der Waals surface area contributed by atoms with Crippen LogP contribution in [0.1, 0.15) is 33.9 Å². The molecule has 0 fully saturated rings. The number of alkyl halides is 2. The maximum Gasteiger partial charge on any atom is 0.280 e. The summed E-state index contributed by atoms with van der Waals surface area (Å²) in [6.45, 7) is 1.88. The quantitative estimate of drug-likeness (QED) is 0.626. The van der Waals surface area contributed by atoms with Gasteiger partial charge < -0.3 is 4.74 Å². The summed E-state index contributed by atoms with van der Waals surface area (Å²) in [5, 5.41) is 0. The van der Waals surface area contributed by atoms with E-state index in [1.165, 1.54) is 24.8 Å². The zero-order chi connectivity index (χ0) is 18.5. The highest BCUT2D eigenvalue weighted by Gasteiger charge is 2.17. The highest BCUT2D eigenvalue weighted by Crippen LogP contribution is 2.26. The van der Waals surface area contributed by atoms with Crippen molar-refractivity contribution < 1.29 is 18.3 Å². The molecule has 0 aromatic carbocycles. The van der Waals surface area contributed by atoms with Crippen LogP contribution in [0.3, 0.4) is 0 Å². The van der Waals surface area contributed by atoms with Crippen molar-refractivity contribution in [3.05, 3.63) is 71.8 Å². The number of ketones is 1. The van der Waals surface area contributed by atoms with Crippen molar-refractivity contribution in [3.8, 4) is 11.5 Å². The molecule has 0 aliphatic carbocycles. The molecule has 3 aromatic heterocycles. The minimum atomic E-state index is -2.84. The Morgan fingerprint density at radius 1 is 1.12 bits per heavy atom. The second-order valence-corrected chi connectivity index (χ2v) is 5.52. The normalized spacial score (nSPS) is 10.8. The lowest BCUT2D eigenvalue weighted by Gasteiger charge is -2.09. The van der Waals surface area contributed by atoms with Crippen molar-refractivity contribution >= 4 is 5.78 Å². The van der Waals surface area contributed by atoms with Gasteiger partial charge in [0.25, 0.3) is 6.43 Å². The molecule has 3 rings (SSSR count). The zero-order valence-corrected chi connectivity index (χ0v) is 13.8. The van der Waals surface area contributed by atoms with Crippen LogP contribution < -0.4 is 4.74 Å². The minimum Gasteiger partial charge on any atom is -0.454 e. The average molecular weight is 356 g/mol. The molecule has 0 saturated carbocycles. The van der Waals surface area contributed by atoms with Crippen LogP contribution in [-0.2, 0) is 6.42 Å². The molecule has 132 valence electrons. The van der Waals surface area contributed by atoms with Gasteiger partial charge in [-0.3, -0.25) is 9.78 Å². The summed E-state index contributed by atoms with van der Waals surface area (Å²) < 4.78 is 31.7. The molecular weight excluding hydrogens is 342 g/mol. The molecule has 0 spiro atoms. The molecule has 0 unspecified atom stereocenters. The lowest BCUT2D eigenvalue weighted by Crippen LogP contribution is -2.09. The summed E-state index contributed by atoms with van der Waals surface area (Å²) in [6.07, 6.45) is 2.83. The van der Waals surface area contributed by atoms with Crippen LogP contribution in [0.4, 0.5) is 8.78 Å². The SMILES string of the molecule is Cc1ccc(CC(=O)c2cc(Oc3cncnc3)cc(C(F)F)n2)nc1. The molecule has 8 heteroatoms. The number of Topliss-reactive ketones (excluding diaryl/α,β-unsaturated/α-hetero) is 1. The van der Waals surface area contributed by atoms with E-state index in [1.54, 1.807) is 12.3 Å². The summed E-state index contributed by atoms with van der Waals surface area (Å²) in [4.78, 5) is 27.9. The third kappa shape index (κ3) is 4.41. The van der Waals surface area contributed by atoms with Gasteiger partial charge in [-0.25, -0.2) is 23.7 Å². The monoisotopic (exact) mass is 356 g/mol. The van der Waals surface area contributed by atoms with Crippen molar-refractivity contribution in [2.75, 3.05) is 0 Å². The number of carbonyl (C=O) groups excluding carboxylic acids is 1. The Morgan fingerprint density at radius 2 is 1.88 bits per heavy atom. The topological polar surface area (TPSA) is 77.9 Å². The van der Waals surface area contributed by atoms with Gasteiger partial charge in [0.05, 0.1) is 18.8 Å². The number of aromatic nitrogens is 4. The van der Waals surface area contributed by atoms with Crippen molar-refractivity contribution in [1.82, 2.24) is 19.9 Å². The van der Waals surface area contributed by atoms with E-state index in [9.17, 15) is 13.6 Å². The van der Waals surface area contributed by atoms with E-state index < -0.39 is 17.9 Å². The van der Waals surface area contributed by atoms with E-state index in [-0.39, 0.29) is 23.6 Å². The second-order valence-electron chi connectivity index (χ2n) is 5.52. The molecule has 3 aromatic rings. The highest BCUT2D eigenvalue weighted by molar-refractivity contribution is 5.95. The molecule has 0 amide bonds. The summed E-state index contributed by atoms with van der Waals surface area (Å²) >= 11 is 0. The third-order valence-electron chi connectivity index (χ3n) is 3.41. The third-order valence-corrected chi connectivity index (χ3v) is 3.41. The predicted octanol–water partition coefficient (Wildman–Crippen LogP) is 3.73. The molecule has 0 bridgehead atoms. The van der Waals surface area contributed by atoms with Crippen LogP contribution in [0.15, 0.2) is 49.2 Å². The van der Waals surface area contributed by atoms with E-state index >= 15 is 0 Å². The number of halogens is 2. The number of aryl methyl sites for hydroxylation is 1. The Balaban J connectivity index is 1.87. The van der Waals surface area contributed by atoms with Crippen molar-refractivity contribution in [3.63, 3.8) is 0 Å². The van der Waals surface area contributed by atoms with Crippen molar-refractivity contribution in [2.24, 2.45) is 0 Å². The number of carbonyl (C=O) groups is 1. The Kier molecular flexibility index (Phi) is 5.21. The Labute approximate surface area is 147 Å². The first-order valence-corrected chi connectivity index (χ1v) is 7.69. The summed E-state index contributed by atoms with van der Waals surface area (Å²) in [5.41, 5.74) is 0.833. The molecular formula is C18H14F2N4O2. The maximum absolute atomic E-state index is 13.1. The average Bonchev–Trinajstić information content (AvgIpc) is 2.64. The Bertz CT molecular complexity index is 903. The van der Waals surface area contributed by atoms with Gasteiger partial charge in [-0.2, -0.15) is 0 Å². The first-order valence-electron chi connectivity index (χ1n) is 7.69. The fraction of sp³-hybridized carbons (Fsp3) is 0.167. The number of nitrogens with zero attached hydrogens (tertiary/aromatic N) is 4. The zero-order valence-electron chi connectivity index (χ0n) is 13.8. The number of hydrogen-bond acceptors (Lipinski definition) is 6. The van der Waals surface area contributed by atoms with Crippen LogP contribution in [0.5, 0.6) is 11.5 Å². The van der Waals surface area contributed by atoms with Gasteiger partial charge >= 0.3 is 0 Å². The van der Waals surface area contributed by atoms with E-state index in [0.29, 0.717) is 5.69 Å². The first-order chi connectivity index (χ1) is 12.5. The molecule has 0 aliphatic heterocycles. The van der Waals surface area contributed by atoms with Crippen LogP contribution in [0, 0.1) is 6.92 Å². The number of rotatable bonds is 6. The number of pyridine rings is 2.